The molecule has 0 atom stereocenters. The molecule has 0 aliphatic rings. The van der Waals surface area contributed by atoms with Gasteiger partial charge in [-0.25, -0.2) is 20.5 Å². The maximum atomic E-state index is 11.1. The molecule has 0 fully saturated rings. The van der Waals surface area contributed by atoms with Gasteiger partial charge in [0.05, 0.1) is 11.8 Å². The number of anilines is 1. The Labute approximate surface area is 114 Å². The highest BCUT2D eigenvalue weighted by molar-refractivity contribution is 5.92. The van der Waals surface area contributed by atoms with Crippen LogP contribution in [-0.2, 0) is 11.3 Å². The first-order chi connectivity index (χ1) is 9.63. The van der Waals surface area contributed by atoms with Crippen molar-refractivity contribution in [1.29, 1.82) is 0 Å². The van der Waals surface area contributed by atoms with Crippen LogP contribution >= 0.6 is 0 Å². The number of hydrogen-bond acceptors (Lipinski definition) is 7. The van der Waals surface area contributed by atoms with Gasteiger partial charge in [-0.3, -0.25) is 4.79 Å². The summed E-state index contributed by atoms with van der Waals surface area (Å²) in [6.45, 7) is 2.67. The minimum absolute atomic E-state index is 0.253. The van der Waals surface area contributed by atoms with Crippen LogP contribution in [0.4, 0.5) is 5.82 Å². The van der Waals surface area contributed by atoms with Gasteiger partial charge < -0.3 is 15.9 Å². The molecular formula is C11H15N7O2. The van der Waals surface area contributed by atoms with E-state index in [0.29, 0.717) is 24.1 Å². The fourth-order valence-electron chi connectivity index (χ4n) is 1.51. The largest absolute Gasteiger partial charge is 0.374 e. The maximum absolute atomic E-state index is 11.1. The second-order valence-electron chi connectivity index (χ2n) is 3.85. The topological polar surface area (TPSA) is 134 Å². The molecule has 2 aromatic rings. The summed E-state index contributed by atoms with van der Waals surface area (Å²) >= 11 is 0. The molecule has 20 heavy (non-hydrogen) atoms. The summed E-state index contributed by atoms with van der Waals surface area (Å²) < 4.78 is 6.67. The molecule has 0 bridgehead atoms. The van der Waals surface area contributed by atoms with Crippen molar-refractivity contribution >= 4 is 11.7 Å². The van der Waals surface area contributed by atoms with Crippen LogP contribution in [0.5, 0.6) is 0 Å². The molecule has 0 aliphatic heterocycles. The zero-order valence-electron chi connectivity index (χ0n) is 10.9. The summed E-state index contributed by atoms with van der Waals surface area (Å²) in [5.74, 6) is 6.13. The fourth-order valence-corrected chi connectivity index (χ4v) is 1.51. The van der Waals surface area contributed by atoms with Gasteiger partial charge in [0, 0.05) is 18.9 Å². The normalized spacial score (nSPS) is 10.5. The zero-order chi connectivity index (χ0) is 14.5. The first kappa shape index (κ1) is 13.9. The average molecular weight is 277 g/mol. The van der Waals surface area contributed by atoms with E-state index < -0.39 is 5.91 Å². The van der Waals surface area contributed by atoms with Crippen molar-refractivity contribution in [2.75, 3.05) is 12.0 Å². The third-order valence-electron chi connectivity index (χ3n) is 2.44. The molecule has 0 aliphatic carbocycles. The number of amides is 1. The number of primary amides is 1. The molecule has 0 spiro atoms. The lowest BCUT2D eigenvalue weighted by Gasteiger charge is -2.07. The Bertz CT molecular complexity index is 611. The van der Waals surface area contributed by atoms with Gasteiger partial charge in [-0.1, -0.05) is 0 Å². The number of nitrogens with two attached hydrogens (primary N) is 2. The van der Waals surface area contributed by atoms with Gasteiger partial charge in [-0.05, 0) is 6.92 Å². The highest BCUT2D eigenvalue weighted by Gasteiger charge is 2.09. The molecule has 0 aromatic carbocycles. The van der Waals surface area contributed by atoms with E-state index in [2.05, 4.69) is 20.5 Å². The Balaban J connectivity index is 2.35. The summed E-state index contributed by atoms with van der Waals surface area (Å²) in [6.07, 6.45) is 2.84. The fraction of sp³-hybridized carbons (Fsp3) is 0.273. The van der Waals surface area contributed by atoms with Crippen molar-refractivity contribution in [3.8, 4) is 5.82 Å². The molecule has 9 nitrogen and oxygen atoms in total. The minimum atomic E-state index is -0.558. The van der Waals surface area contributed by atoms with E-state index in [4.69, 9.17) is 16.3 Å². The van der Waals surface area contributed by atoms with Gasteiger partial charge in [-0.15, -0.1) is 0 Å². The molecule has 0 radical (unpaired) electrons. The van der Waals surface area contributed by atoms with E-state index in [1.807, 2.05) is 6.92 Å². The summed E-state index contributed by atoms with van der Waals surface area (Å²) in [5, 5.41) is 4.02. The summed E-state index contributed by atoms with van der Waals surface area (Å²) in [4.78, 5) is 19.5. The molecule has 0 saturated carbocycles. The zero-order valence-corrected chi connectivity index (χ0v) is 10.9. The van der Waals surface area contributed by atoms with Crippen molar-refractivity contribution < 1.29 is 9.53 Å². The van der Waals surface area contributed by atoms with Gasteiger partial charge in [0.1, 0.15) is 12.4 Å². The van der Waals surface area contributed by atoms with Gasteiger partial charge in [-0.2, -0.15) is 5.10 Å². The van der Waals surface area contributed by atoms with E-state index >= 15 is 0 Å². The summed E-state index contributed by atoms with van der Waals surface area (Å²) in [5.41, 5.74) is 7.91. The highest BCUT2D eigenvalue weighted by atomic mass is 16.5. The molecule has 1 amide bonds. The van der Waals surface area contributed by atoms with Crippen molar-refractivity contribution in [1.82, 2.24) is 19.7 Å². The molecule has 106 valence electrons. The van der Waals surface area contributed by atoms with Gasteiger partial charge in [0.25, 0.3) is 5.91 Å². The molecular weight excluding hydrogens is 262 g/mol. The quantitative estimate of drug-likeness (QED) is 0.482. The minimum Gasteiger partial charge on any atom is -0.374 e. The molecule has 9 heteroatoms. The Kier molecular flexibility index (Phi) is 4.23. The lowest BCUT2D eigenvalue weighted by molar-refractivity contribution is 0.100. The van der Waals surface area contributed by atoms with Crippen LogP contribution in [0, 0.1) is 0 Å². The SMILES string of the molecule is CCOCc1nc(NN)cc(-n2cc(C(N)=O)cn2)n1. The third-order valence-corrected chi connectivity index (χ3v) is 2.44. The summed E-state index contributed by atoms with van der Waals surface area (Å²) in [6, 6.07) is 1.59. The lowest BCUT2D eigenvalue weighted by atomic mass is 10.3. The monoisotopic (exact) mass is 277 g/mol. The number of hydrogen-bond donors (Lipinski definition) is 3. The number of nitrogen functional groups attached to an aromatic ring is 1. The van der Waals surface area contributed by atoms with Crippen LogP contribution in [0.25, 0.3) is 5.82 Å². The van der Waals surface area contributed by atoms with Crippen LogP contribution < -0.4 is 17.0 Å². The number of carbonyl (C=O) groups excluding carboxylic acids is 1. The van der Waals surface area contributed by atoms with E-state index in [0.717, 1.165) is 0 Å². The Morgan fingerprint density at radius 1 is 1.50 bits per heavy atom. The van der Waals surface area contributed by atoms with Crippen LogP contribution in [0.2, 0.25) is 0 Å². The molecule has 0 unspecified atom stereocenters. The predicted molar refractivity (Wildman–Crippen MR) is 70.8 cm³/mol. The van der Waals surface area contributed by atoms with Gasteiger partial charge in [0.2, 0.25) is 0 Å². The first-order valence-electron chi connectivity index (χ1n) is 5.91. The molecule has 0 saturated heterocycles. The number of carbonyl (C=O) groups is 1. The van der Waals surface area contributed by atoms with Crippen LogP contribution in [-0.4, -0.2) is 32.3 Å². The van der Waals surface area contributed by atoms with Crippen LogP contribution in [0.1, 0.15) is 23.1 Å². The average Bonchev–Trinajstić information content (AvgIpc) is 2.94. The Morgan fingerprint density at radius 2 is 2.30 bits per heavy atom. The molecule has 2 aromatic heterocycles. The lowest BCUT2D eigenvalue weighted by Crippen LogP contribution is -2.13. The Morgan fingerprint density at radius 3 is 2.90 bits per heavy atom. The summed E-state index contributed by atoms with van der Waals surface area (Å²) in [7, 11) is 0. The maximum Gasteiger partial charge on any atom is 0.251 e. The van der Waals surface area contributed by atoms with Gasteiger partial charge >= 0.3 is 0 Å². The number of aromatic nitrogens is 4. The second-order valence-corrected chi connectivity index (χ2v) is 3.85. The first-order valence-corrected chi connectivity index (χ1v) is 5.91. The van der Waals surface area contributed by atoms with E-state index in [-0.39, 0.29) is 12.2 Å². The van der Waals surface area contributed by atoms with Crippen LogP contribution in [0.3, 0.4) is 0 Å². The smallest absolute Gasteiger partial charge is 0.251 e. The van der Waals surface area contributed by atoms with E-state index in [1.54, 1.807) is 6.07 Å². The predicted octanol–water partition coefficient (Wildman–Crippen LogP) is -0.417. The number of ether oxygens (including phenoxy) is 1. The highest BCUT2D eigenvalue weighted by Crippen LogP contribution is 2.11. The molecule has 2 heterocycles. The number of hydrazine groups is 1. The van der Waals surface area contributed by atoms with Gasteiger partial charge in [0.15, 0.2) is 11.6 Å². The molecule has 5 N–H and O–H groups in total. The number of nitrogens with zero attached hydrogens (tertiary/aromatic N) is 4. The van der Waals surface area contributed by atoms with E-state index in [1.165, 1.54) is 17.1 Å². The standard InChI is InChI=1S/C11H15N7O2/c1-2-20-6-9-15-8(17-13)3-10(16-9)18-5-7(4-14-18)11(12)19/h3-5H,2,6,13H2,1H3,(H2,12,19)(H,15,16,17). The van der Waals surface area contributed by atoms with Crippen molar-refractivity contribution in [3.63, 3.8) is 0 Å². The third kappa shape index (κ3) is 3.08. The second kappa shape index (κ2) is 6.08. The Hall–Kier alpha value is -2.52. The molecule has 2 rings (SSSR count). The van der Waals surface area contributed by atoms with Crippen LogP contribution in [0.15, 0.2) is 18.5 Å². The number of rotatable bonds is 6. The van der Waals surface area contributed by atoms with Crippen molar-refractivity contribution in [2.45, 2.75) is 13.5 Å². The van der Waals surface area contributed by atoms with Crippen molar-refractivity contribution in [2.24, 2.45) is 11.6 Å². The van der Waals surface area contributed by atoms with Crippen molar-refractivity contribution in [3.05, 3.63) is 29.8 Å². The van der Waals surface area contributed by atoms with E-state index in [9.17, 15) is 4.79 Å². The number of nitrogens with one attached hydrogen (secondary N) is 1.